The van der Waals surface area contributed by atoms with Crippen molar-refractivity contribution in [2.75, 3.05) is 13.1 Å². The number of carbonyl (C=O) groups is 1. The van der Waals surface area contributed by atoms with Gasteiger partial charge >= 0.3 is 0 Å². The van der Waals surface area contributed by atoms with E-state index in [4.69, 9.17) is 0 Å². The molecule has 0 saturated carbocycles. The lowest BCUT2D eigenvalue weighted by Crippen LogP contribution is -2.68. The minimum atomic E-state index is -0.514. The van der Waals surface area contributed by atoms with Crippen LogP contribution in [0.2, 0.25) is 0 Å². The van der Waals surface area contributed by atoms with E-state index < -0.39 is 6.23 Å². The van der Waals surface area contributed by atoms with Gasteiger partial charge in [0.2, 0.25) is 5.91 Å². The predicted molar refractivity (Wildman–Crippen MR) is 71.3 cm³/mol. The molecular weight excluding hydrogens is 240 g/mol. The molecule has 0 aromatic carbocycles. The van der Waals surface area contributed by atoms with Gasteiger partial charge in [-0.25, -0.2) is 0 Å². The molecule has 4 aliphatic rings. The van der Waals surface area contributed by atoms with Crippen LogP contribution in [0.3, 0.4) is 0 Å². The van der Waals surface area contributed by atoms with Crippen LogP contribution < -0.4 is 0 Å². The summed E-state index contributed by atoms with van der Waals surface area (Å²) >= 11 is 0. The molecular formula is C15H24N2O2. The number of hydrogen-bond donors (Lipinski definition) is 1. The van der Waals surface area contributed by atoms with Crippen LogP contribution in [-0.4, -0.2) is 52.2 Å². The molecule has 1 N–H and O–H groups in total. The lowest BCUT2D eigenvalue weighted by molar-refractivity contribution is -0.190. The summed E-state index contributed by atoms with van der Waals surface area (Å²) in [5.74, 6) is 1.10. The Labute approximate surface area is 114 Å². The number of rotatable bonds is 0. The topological polar surface area (TPSA) is 43.8 Å². The third kappa shape index (κ3) is 1.76. The highest BCUT2D eigenvalue weighted by Crippen LogP contribution is 2.45. The van der Waals surface area contributed by atoms with E-state index in [2.05, 4.69) is 4.90 Å². The maximum Gasteiger partial charge on any atom is 0.224 e. The first-order chi connectivity index (χ1) is 9.25. The van der Waals surface area contributed by atoms with Gasteiger partial charge in [0, 0.05) is 31.0 Å². The van der Waals surface area contributed by atoms with Gasteiger partial charge in [0.15, 0.2) is 0 Å². The van der Waals surface area contributed by atoms with Crippen LogP contribution >= 0.6 is 0 Å². The average molecular weight is 264 g/mol. The summed E-state index contributed by atoms with van der Waals surface area (Å²) in [5, 5.41) is 10.7. The molecule has 0 aromatic heterocycles. The van der Waals surface area contributed by atoms with E-state index in [1.54, 1.807) is 0 Å². The predicted octanol–water partition coefficient (Wildman–Crippen LogP) is 1.19. The van der Waals surface area contributed by atoms with E-state index in [0.717, 1.165) is 25.8 Å². The van der Waals surface area contributed by atoms with E-state index in [0.29, 0.717) is 30.3 Å². The molecule has 2 bridgehead atoms. The van der Waals surface area contributed by atoms with Crippen LogP contribution in [-0.2, 0) is 4.79 Å². The number of aliphatic hydroxyl groups is 1. The first-order valence-corrected chi connectivity index (χ1v) is 7.99. The van der Waals surface area contributed by atoms with Crippen LogP contribution in [0.1, 0.15) is 44.9 Å². The third-order valence-corrected chi connectivity index (χ3v) is 5.95. The van der Waals surface area contributed by atoms with Gasteiger partial charge in [-0.15, -0.1) is 0 Å². The quantitative estimate of drug-likeness (QED) is 0.715. The van der Waals surface area contributed by atoms with Crippen LogP contribution in [0, 0.1) is 11.8 Å². The van der Waals surface area contributed by atoms with Gasteiger partial charge in [-0.05, 0) is 44.6 Å². The number of hydrogen-bond acceptors (Lipinski definition) is 3. The molecule has 4 saturated heterocycles. The summed E-state index contributed by atoms with van der Waals surface area (Å²) in [4.78, 5) is 16.7. The van der Waals surface area contributed by atoms with Crippen molar-refractivity contribution in [2.24, 2.45) is 11.8 Å². The molecule has 4 heteroatoms. The van der Waals surface area contributed by atoms with E-state index in [1.807, 2.05) is 4.90 Å². The summed E-state index contributed by atoms with van der Waals surface area (Å²) in [5.41, 5.74) is 0. The first-order valence-electron chi connectivity index (χ1n) is 7.99. The van der Waals surface area contributed by atoms with Gasteiger partial charge in [-0.2, -0.15) is 0 Å². The Kier molecular flexibility index (Phi) is 2.85. The molecule has 4 heterocycles. The monoisotopic (exact) mass is 264 g/mol. The molecule has 1 amide bonds. The molecule has 5 atom stereocenters. The fourth-order valence-corrected chi connectivity index (χ4v) is 5.14. The van der Waals surface area contributed by atoms with Gasteiger partial charge in [-0.1, -0.05) is 6.42 Å². The Morgan fingerprint density at radius 3 is 2.84 bits per heavy atom. The van der Waals surface area contributed by atoms with Crippen molar-refractivity contribution >= 4 is 5.91 Å². The zero-order valence-electron chi connectivity index (χ0n) is 11.5. The second-order valence-corrected chi connectivity index (χ2v) is 6.89. The summed E-state index contributed by atoms with van der Waals surface area (Å²) in [6.07, 6.45) is 7.17. The molecule has 0 spiro atoms. The molecule has 1 unspecified atom stereocenters. The molecule has 4 fully saturated rings. The summed E-state index contributed by atoms with van der Waals surface area (Å²) in [6, 6.07) is 0.839. The van der Waals surface area contributed by atoms with Crippen LogP contribution in [0.25, 0.3) is 0 Å². The molecule has 19 heavy (non-hydrogen) atoms. The number of aliphatic hydroxyl groups excluding tert-OH is 1. The molecule has 0 aromatic rings. The first kappa shape index (κ1) is 12.2. The number of piperidine rings is 4. The van der Waals surface area contributed by atoms with E-state index >= 15 is 0 Å². The fraction of sp³-hybridized carbons (Fsp3) is 0.933. The van der Waals surface area contributed by atoms with E-state index in [9.17, 15) is 9.90 Å². The molecule has 0 radical (unpaired) electrons. The van der Waals surface area contributed by atoms with Gasteiger partial charge < -0.3 is 10.0 Å². The summed E-state index contributed by atoms with van der Waals surface area (Å²) in [6.45, 7) is 2.35. The highest BCUT2D eigenvalue weighted by Gasteiger charge is 2.52. The zero-order valence-corrected chi connectivity index (χ0v) is 11.5. The summed E-state index contributed by atoms with van der Waals surface area (Å²) in [7, 11) is 0. The second-order valence-electron chi connectivity index (χ2n) is 6.89. The Bertz CT molecular complexity index is 384. The number of fused-ring (bicyclic) bond motifs is 6. The highest BCUT2D eigenvalue weighted by atomic mass is 16.3. The average Bonchev–Trinajstić information content (AvgIpc) is 2.44. The van der Waals surface area contributed by atoms with E-state index in [1.165, 1.54) is 25.8 Å². The van der Waals surface area contributed by atoms with Gasteiger partial charge in [0.05, 0.1) is 0 Å². The van der Waals surface area contributed by atoms with Crippen LogP contribution in [0.4, 0.5) is 0 Å². The maximum atomic E-state index is 12.2. The maximum absolute atomic E-state index is 12.2. The Morgan fingerprint density at radius 2 is 1.95 bits per heavy atom. The van der Waals surface area contributed by atoms with Crippen molar-refractivity contribution in [3.8, 4) is 0 Å². The molecule has 106 valence electrons. The smallest absolute Gasteiger partial charge is 0.224 e. The Balaban J connectivity index is 1.65. The zero-order chi connectivity index (χ0) is 13.0. The summed E-state index contributed by atoms with van der Waals surface area (Å²) < 4.78 is 0. The molecule has 4 rings (SSSR count). The number of amides is 1. The van der Waals surface area contributed by atoms with Gasteiger partial charge in [0.1, 0.15) is 6.23 Å². The second kappa shape index (κ2) is 4.45. The standard InChI is InChI=1S/C15H24N2O2/c18-14-6-3-5-12-10-8-11(15(19)17(12)14)13-4-1-2-7-16(13)9-10/h10-13,15,19H,1-9H2/t10-,11+,12+,13-,15?/m0/s1. The minimum Gasteiger partial charge on any atom is -0.373 e. The van der Waals surface area contributed by atoms with Crippen molar-refractivity contribution in [1.29, 1.82) is 0 Å². The number of nitrogens with zero attached hydrogens (tertiary/aromatic N) is 2. The Hall–Kier alpha value is -0.610. The minimum absolute atomic E-state index is 0.197. The van der Waals surface area contributed by atoms with Crippen molar-refractivity contribution in [3.05, 3.63) is 0 Å². The van der Waals surface area contributed by atoms with Crippen LogP contribution in [0.5, 0.6) is 0 Å². The normalized spacial score (nSPS) is 46.7. The SMILES string of the molecule is O=C1CCC[C@@H]2[C@H]3C[C@@H](C(O)N12)[C@@H]1CCCCN1C3. The van der Waals surface area contributed by atoms with Crippen molar-refractivity contribution in [1.82, 2.24) is 9.80 Å². The van der Waals surface area contributed by atoms with E-state index in [-0.39, 0.29) is 5.91 Å². The lowest BCUT2D eigenvalue weighted by Gasteiger charge is -2.58. The lowest BCUT2D eigenvalue weighted by atomic mass is 9.70. The number of carbonyl (C=O) groups excluding carboxylic acids is 1. The molecule has 0 aliphatic carbocycles. The largest absolute Gasteiger partial charge is 0.373 e. The van der Waals surface area contributed by atoms with Crippen LogP contribution in [0.15, 0.2) is 0 Å². The highest BCUT2D eigenvalue weighted by molar-refractivity contribution is 5.77. The van der Waals surface area contributed by atoms with Crippen molar-refractivity contribution < 1.29 is 9.90 Å². The van der Waals surface area contributed by atoms with Crippen molar-refractivity contribution in [3.63, 3.8) is 0 Å². The molecule has 4 nitrogen and oxygen atoms in total. The fourth-order valence-electron chi connectivity index (χ4n) is 5.14. The van der Waals surface area contributed by atoms with Gasteiger partial charge in [-0.3, -0.25) is 9.69 Å². The third-order valence-electron chi connectivity index (χ3n) is 5.95. The molecule has 4 aliphatic heterocycles. The van der Waals surface area contributed by atoms with Crippen molar-refractivity contribution in [2.45, 2.75) is 63.3 Å². The Morgan fingerprint density at radius 1 is 1.11 bits per heavy atom. The van der Waals surface area contributed by atoms with Gasteiger partial charge in [0.25, 0.3) is 0 Å².